The molecule has 0 atom stereocenters. The molecule has 0 spiro atoms. The molecule has 0 amide bonds. The molecule has 0 aliphatic rings. The van der Waals surface area contributed by atoms with Gasteiger partial charge in [0, 0.05) is 30.5 Å². The number of aromatic nitrogens is 1. The number of para-hydroxylation sites is 1. The summed E-state index contributed by atoms with van der Waals surface area (Å²) < 4.78 is 26.1. The van der Waals surface area contributed by atoms with Crippen molar-refractivity contribution in [2.75, 3.05) is 12.8 Å². The van der Waals surface area contributed by atoms with Crippen LogP contribution in [-0.2, 0) is 29.4 Å². The zero-order chi connectivity index (χ0) is 22.3. The van der Waals surface area contributed by atoms with E-state index in [0.717, 1.165) is 35.5 Å². The Balaban J connectivity index is 1.58. The van der Waals surface area contributed by atoms with Gasteiger partial charge in [-0.3, -0.25) is 0 Å². The van der Waals surface area contributed by atoms with E-state index in [0.29, 0.717) is 31.5 Å². The molecule has 3 rings (SSSR count). The van der Waals surface area contributed by atoms with Crippen molar-refractivity contribution in [3.8, 4) is 17.0 Å². The molecule has 166 valence electrons. The van der Waals surface area contributed by atoms with E-state index in [2.05, 4.69) is 24.0 Å². The number of phenolic OH excluding ortho intramolecular Hbond substituents is 1. The van der Waals surface area contributed by atoms with Crippen LogP contribution in [0.3, 0.4) is 0 Å². The molecule has 1 N–H and O–H groups in total. The zero-order valence-corrected chi connectivity index (χ0v) is 19.8. The summed E-state index contributed by atoms with van der Waals surface area (Å²) >= 11 is 1.53. The van der Waals surface area contributed by atoms with Crippen molar-refractivity contribution in [1.29, 1.82) is 0 Å². The minimum atomic E-state index is -3.30. The summed E-state index contributed by atoms with van der Waals surface area (Å²) in [5.74, 6) is 0.211. The third kappa shape index (κ3) is 6.89. The minimum absolute atomic E-state index is 0.211. The normalized spacial score (nSPS) is 11.8. The maximum atomic E-state index is 12.3. The Labute approximate surface area is 189 Å². The van der Waals surface area contributed by atoms with Crippen LogP contribution < -0.4 is 0 Å². The van der Waals surface area contributed by atoms with Crippen LogP contribution in [0.2, 0.25) is 0 Å². The van der Waals surface area contributed by atoms with Crippen LogP contribution in [0.4, 0.5) is 0 Å². The molecule has 7 heteroatoms. The first-order valence-corrected chi connectivity index (χ1v) is 13.4. The summed E-state index contributed by atoms with van der Waals surface area (Å²) in [6, 6.07) is 15.4. The van der Waals surface area contributed by atoms with Gasteiger partial charge in [-0.05, 0) is 42.5 Å². The minimum Gasteiger partial charge on any atom is -0.507 e. The van der Waals surface area contributed by atoms with Gasteiger partial charge in [-0.1, -0.05) is 49.7 Å². The average molecular weight is 459 g/mol. The number of unbranched alkanes of at least 4 members (excludes halogenated alkanes) is 1. The lowest BCUT2D eigenvalue weighted by molar-refractivity contribution is 0.403. The van der Waals surface area contributed by atoms with Crippen molar-refractivity contribution < 1.29 is 13.5 Å². The molecule has 0 unspecified atom stereocenters. The lowest BCUT2D eigenvalue weighted by Crippen LogP contribution is -2.30. The van der Waals surface area contributed by atoms with E-state index in [9.17, 15) is 13.5 Å². The van der Waals surface area contributed by atoms with Crippen LogP contribution in [0.25, 0.3) is 11.3 Å². The number of aromatic hydroxyl groups is 1. The second kappa shape index (κ2) is 10.9. The fourth-order valence-electron chi connectivity index (χ4n) is 3.40. The molecule has 0 radical (unpaired) electrons. The van der Waals surface area contributed by atoms with Crippen LogP contribution in [0, 0.1) is 0 Å². The van der Waals surface area contributed by atoms with E-state index in [1.54, 1.807) is 12.1 Å². The van der Waals surface area contributed by atoms with Gasteiger partial charge in [-0.2, -0.15) is 4.31 Å². The van der Waals surface area contributed by atoms with E-state index >= 15 is 0 Å². The Bertz CT molecular complexity index is 1080. The van der Waals surface area contributed by atoms with Gasteiger partial charge in [-0.25, -0.2) is 13.4 Å². The molecule has 0 bridgehead atoms. The van der Waals surface area contributed by atoms with Gasteiger partial charge >= 0.3 is 0 Å². The van der Waals surface area contributed by atoms with E-state index < -0.39 is 10.0 Å². The highest BCUT2D eigenvalue weighted by molar-refractivity contribution is 7.88. The molecular formula is C24H30N2O3S2. The number of phenols is 1. The maximum absolute atomic E-state index is 12.3. The summed E-state index contributed by atoms with van der Waals surface area (Å²) in [5, 5.41) is 12.9. The largest absolute Gasteiger partial charge is 0.507 e. The number of aryl methyl sites for hydroxylation is 2. The Morgan fingerprint density at radius 3 is 2.39 bits per heavy atom. The van der Waals surface area contributed by atoms with Gasteiger partial charge in [0.05, 0.1) is 17.0 Å². The van der Waals surface area contributed by atoms with E-state index in [-0.39, 0.29) is 5.75 Å². The number of thiazole rings is 1. The molecule has 0 fully saturated rings. The van der Waals surface area contributed by atoms with Gasteiger partial charge < -0.3 is 5.11 Å². The smallest absolute Gasteiger partial charge is 0.211 e. The molecule has 0 saturated heterocycles. The Kier molecular flexibility index (Phi) is 8.23. The number of benzene rings is 2. The van der Waals surface area contributed by atoms with Crippen molar-refractivity contribution in [3.63, 3.8) is 0 Å². The summed E-state index contributed by atoms with van der Waals surface area (Å²) in [4.78, 5) is 4.61. The molecule has 1 aromatic heterocycles. The standard InChI is InChI=1S/C24H30N2O3S2/c1-3-4-8-19-12-14-20(15-13-19)17-26(31(2,28)29)16-7-11-24-25-22(18-30-24)21-9-5-6-10-23(21)27/h5-6,9-10,12-15,18,27H,3-4,7-8,11,16-17H2,1-2H3. The van der Waals surface area contributed by atoms with Crippen molar-refractivity contribution in [2.24, 2.45) is 0 Å². The van der Waals surface area contributed by atoms with Gasteiger partial charge in [0.2, 0.25) is 10.0 Å². The Hall–Kier alpha value is -2.22. The highest BCUT2D eigenvalue weighted by Gasteiger charge is 2.17. The summed E-state index contributed by atoms with van der Waals surface area (Å²) in [6.45, 7) is 3.01. The molecule has 0 aliphatic heterocycles. The molecule has 1 heterocycles. The topological polar surface area (TPSA) is 70.5 Å². The van der Waals surface area contributed by atoms with Crippen LogP contribution >= 0.6 is 11.3 Å². The third-order valence-electron chi connectivity index (χ3n) is 5.20. The van der Waals surface area contributed by atoms with Gasteiger partial charge in [0.25, 0.3) is 0 Å². The van der Waals surface area contributed by atoms with Crippen molar-refractivity contribution in [1.82, 2.24) is 9.29 Å². The molecule has 5 nitrogen and oxygen atoms in total. The number of nitrogens with zero attached hydrogens (tertiary/aromatic N) is 2. The van der Waals surface area contributed by atoms with Crippen molar-refractivity contribution >= 4 is 21.4 Å². The molecule has 0 aliphatic carbocycles. The fraction of sp³-hybridized carbons (Fsp3) is 0.375. The summed E-state index contributed by atoms with van der Waals surface area (Å²) in [6.07, 6.45) is 6.04. The first kappa shape index (κ1) is 23.4. The Morgan fingerprint density at radius 2 is 1.71 bits per heavy atom. The van der Waals surface area contributed by atoms with Crippen LogP contribution in [0.15, 0.2) is 53.9 Å². The SMILES string of the molecule is CCCCc1ccc(CN(CCCc2nc(-c3ccccc3O)cs2)S(C)(=O)=O)cc1. The zero-order valence-electron chi connectivity index (χ0n) is 18.1. The number of sulfonamides is 1. The molecule has 2 aromatic carbocycles. The predicted molar refractivity (Wildman–Crippen MR) is 128 cm³/mol. The lowest BCUT2D eigenvalue weighted by Gasteiger charge is -2.20. The second-order valence-corrected chi connectivity index (χ2v) is 10.7. The van der Waals surface area contributed by atoms with Crippen LogP contribution in [0.1, 0.15) is 42.3 Å². The van der Waals surface area contributed by atoms with E-state index in [1.807, 2.05) is 29.6 Å². The summed E-state index contributed by atoms with van der Waals surface area (Å²) in [5.41, 5.74) is 3.76. The lowest BCUT2D eigenvalue weighted by atomic mass is 10.1. The highest BCUT2D eigenvalue weighted by atomic mass is 32.2. The quantitative estimate of drug-likeness (QED) is 0.426. The van der Waals surface area contributed by atoms with Gasteiger partial charge in [-0.15, -0.1) is 11.3 Å². The maximum Gasteiger partial charge on any atom is 0.211 e. The first-order chi connectivity index (χ1) is 14.9. The molecule has 31 heavy (non-hydrogen) atoms. The second-order valence-electron chi connectivity index (χ2n) is 7.76. The van der Waals surface area contributed by atoms with Gasteiger partial charge in [0.1, 0.15) is 5.75 Å². The molecule has 0 saturated carbocycles. The first-order valence-electron chi connectivity index (χ1n) is 10.6. The highest BCUT2D eigenvalue weighted by Crippen LogP contribution is 2.29. The molecular weight excluding hydrogens is 428 g/mol. The van der Waals surface area contributed by atoms with Crippen LogP contribution in [0.5, 0.6) is 5.75 Å². The number of hydrogen-bond acceptors (Lipinski definition) is 5. The van der Waals surface area contributed by atoms with Crippen molar-refractivity contribution in [2.45, 2.75) is 45.6 Å². The summed E-state index contributed by atoms with van der Waals surface area (Å²) in [7, 11) is -3.30. The Morgan fingerprint density at radius 1 is 1.00 bits per heavy atom. The van der Waals surface area contributed by atoms with Crippen molar-refractivity contribution in [3.05, 3.63) is 70.0 Å². The predicted octanol–water partition coefficient (Wildman–Crippen LogP) is 5.25. The van der Waals surface area contributed by atoms with Crippen LogP contribution in [-0.4, -0.2) is 35.6 Å². The third-order valence-corrected chi connectivity index (χ3v) is 7.36. The fourth-order valence-corrected chi connectivity index (χ4v) is 5.09. The monoisotopic (exact) mass is 458 g/mol. The molecule has 3 aromatic rings. The van der Waals surface area contributed by atoms with E-state index in [4.69, 9.17) is 0 Å². The number of rotatable bonds is 11. The van der Waals surface area contributed by atoms with Gasteiger partial charge in [0.15, 0.2) is 0 Å². The van der Waals surface area contributed by atoms with E-state index in [1.165, 1.54) is 27.5 Å². The number of hydrogen-bond donors (Lipinski definition) is 1. The average Bonchev–Trinajstić information content (AvgIpc) is 3.20.